The minimum Gasteiger partial charge on any atom is -1.00 e. The minimum atomic E-state index is 0. The molecule has 0 fully saturated rings. The molecule has 4 heteroatoms. The predicted molar refractivity (Wildman–Crippen MR) is 31.5 cm³/mol. The summed E-state index contributed by atoms with van der Waals surface area (Å²) in [7, 11) is 0. The van der Waals surface area contributed by atoms with Gasteiger partial charge in [-0.15, -0.1) is 0 Å². The van der Waals surface area contributed by atoms with E-state index in [2.05, 4.69) is 13.8 Å². The summed E-state index contributed by atoms with van der Waals surface area (Å²) in [5.41, 5.74) is 0. The van der Waals surface area contributed by atoms with E-state index in [1.807, 2.05) is 0 Å². The van der Waals surface area contributed by atoms with Crippen molar-refractivity contribution in [2.24, 2.45) is 0 Å². The van der Waals surface area contributed by atoms with Crippen LogP contribution in [0.2, 0.25) is 0 Å². The SMILES string of the molecule is [Br-].[Br-].[CH2-]CC[CH2-].[Mg+2].[Mg+2]. The Labute approximate surface area is 105 Å². The molecule has 0 bridgehead atoms. The predicted octanol–water partition coefficient (Wildman–Crippen LogP) is -5.32. The fraction of sp³-hybridized carbons (Fsp3) is 0.500. The molecule has 0 aliphatic rings. The van der Waals surface area contributed by atoms with Crippen LogP contribution in [0.25, 0.3) is 0 Å². The molecule has 0 heterocycles. The molecule has 0 unspecified atom stereocenters. The molecule has 0 amide bonds. The molecule has 0 aromatic carbocycles. The van der Waals surface area contributed by atoms with Gasteiger partial charge >= 0.3 is 46.1 Å². The number of halogens is 2. The fourth-order valence-corrected chi connectivity index (χ4v) is 0. The molecule has 0 spiro atoms. The van der Waals surface area contributed by atoms with Crippen molar-refractivity contribution in [3.8, 4) is 0 Å². The van der Waals surface area contributed by atoms with Crippen LogP contribution in [0.4, 0.5) is 0 Å². The van der Waals surface area contributed by atoms with E-state index >= 15 is 0 Å². The van der Waals surface area contributed by atoms with E-state index in [4.69, 9.17) is 0 Å². The Morgan fingerprint density at radius 3 is 0.875 bits per heavy atom. The van der Waals surface area contributed by atoms with E-state index in [0.717, 1.165) is 12.8 Å². The normalized spacial score (nSPS) is 3.75. The molecule has 0 aromatic heterocycles. The molecule has 0 rings (SSSR count). The van der Waals surface area contributed by atoms with E-state index in [1.165, 1.54) is 0 Å². The van der Waals surface area contributed by atoms with Crippen molar-refractivity contribution < 1.29 is 34.0 Å². The second-order valence-corrected chi connectivity index (χ2v) is 0.707. The van der Waals surface area contributed by atoms with E-state index in [0.29, 0.717) is 0 Å². The fourth-order valence-electron chi connectivity index (χ4n) is 0. The van der Waals surface area contributed by atoms with Gasteiger partial charge in [-0.1, -0.05) is 0 Å². The van der Waals surface area contributed by atoms with Gasteiger partial charge in [0.15, 0.2) is 0 Å². The van der Waals surface area contributed by atoms with Crippen LogP contribution in [0.5, 0.6) is 0 Å². The first-order chi connectivity index (χ1) is 1.91. The molecule has 0 radical (unpaired) electrons. The summed E-state index contributed by atoms with van der Waals surface area (Å²) in [6, 6.07) is 0. The van der Waals surface area contributed by atoms with E-state index in [9.17, 15) is 0 Å². The third kappa shape index (κ3) is 39.1. The van der Waals surface area contributed by atoms with Gasteiger partial charge in [0.2, 0.25) is 0 Å². The number of rotatable bonds is 1. The van der Waals surface area contributed by atoms with E-state index in [1.54, 1.807) is 0 Å². The van der Waals surface area contributed by atoms with Crippen molar-refractivity contribution in [1.82, 2.24) is 0 Å². The van der Waals surface area contributed by atoms with E-state index < -0.39 is 0 Å². The third-order valence-electron chi connectivity index (χ3n) is 0.250. The van der Waals surface area contributed by atoms with Crippen LogP contribution < -0.4 is 34.0 Å². The summed E-state index contributed by atoms with van der Waals surface area (Å²) in [5, 5.41) is 0. The topological polar surface area (TPSA) is 0 Å². The van der Waals surface area contributed by atoms with Crippen LogP contribution >= 0.6 is 0 Å². The average molecular weight is 265 g/mol. The Morgan fingerprint density at radius 2 is 0.875 bits per heavy atom. The maximum Gasteiger partial charge on any atom is 2.00 e. The average Bonchev–Trinajstić information content (AvgIpc) is 1.37. The van der Waals surface area contributed by atoms with Crippen LogP contribution in [0, 0.1) is 13.8 Å². The zero-order valence-electron chi connectivity index (χ0n) is 5.00. The quantitative estimate of drug-likeness (QED) is 0.328. The van der Waals surface area contributed by atoms with Gasteiger partial charge < -0.3 is 47.8 Å². The number of hydrogen-bond donors (Lipinski definition) is 0. The first kappa shape index (κ1) is 31.3. The van der Waals surface area contributed by atoms with Crippen molar-refractivity contribution >= 4 is 46.1 Å². The molecule has 42 valence electrons. The Bertz CT molecular complexity index is 14.0. The molecule has 0 aromatic rings. The molecule has 0 aliphatic carbocycles. The first-order valence-corrected chi connectivity index (χ1v) is 1.50. The Kier molecular flexibility index (Phi) is 133. The monoisotopic (exact) mass is 262 g/mol. The molecular weight excluding hydrogens is 256 g/mol. The molecule has 0 atom stereocenters. The molecule has 8 heavy (non-hydrogen) atoms. The molecular formula is C4H8Br2Mg2. The summed E-state index contributed by atoms with van der Waals surface area (Å²) in [5.74, 6) is 0. The molecule has 0 nitrogen and oxygen atoms in total. The van der Waals surface area contributed by atoms with Crippen LogP contribution in [0.3, 0.4) is 0 Å². The standard InChI is InChI=1S/C4H8.2BrH.2Mg/c1-3-4-2;;;;/h1-4H2;2*1H;;/q-2;;;2*+2/p-2. The Hall–Kier alpha value is 2.49. The van der Waals surface area contributed by atoms with Crippen LogP contribution in [0.1, 0.15) is 12.8 Å². The second kappa shape index (κ2) is 33.9. The zero-order valence-corrected chi connectivity index (χ0v) is 11.0. The maximum absolute atomic E-state index is 3.54. The van der Waals surface area contributed by atoms with Gasteiger partial charge in [0.25, 0.3) is 0 Å². The van der Waals surface area contributed by atoms with Crippen molar-refractivity contribution in [2.45, 2.75) is 12.8 Å². The summed E-state index contributed by atoms with van der Waals surface area (Å²) < 4.78 is 0. The number of unbranched alkanes of at least 4 members (excludes halogenated alkanes) is 1. The smallest absolute Gasteiger partial charge is 1.00 e. The van der Waals surface area contributed by atoms with E-state index in [-0.39, 0.29) is 80.1 Å². The summed E-state index contributed by atoms with van der Waals surface area (Å²) in [4.78, 5) is 0. The second-order valence-electron chi connectivity index (χ2n) is 0.707. The molecule has 0 saturated heterocycles. The van der Waals surface area contributed by atoms with Gasteiger partial charge in [-0.25, -0.2) is 12.8 Å². The van der Waals surface area contributed by atoms with Crippen molar-refractivity contribution in [3.05, 3.63) is 13.8 Å². The minimum absolute atomic E-state index is 0. The van der Waals surface area contributed by atoms with Gasteiger partial charge in [-0.3, -0.25) is 0 Å². The first-order valence-electron chi connectivity index (χ1n) is 1.50. The van der Waals surface area contributed by atoms with Gasteiger partial charge in [-0.05, 0) is 0 Å². The van der Waals surface area contributed by atoms with Crippen molar-refractivity contribution in [1.29, 1.82) is 0 Å². The van der Waals surface area contributed by atoms with Gasteiger partial charge in [0, 0.05) is 0 Å². The maximum atomic E-state index is 3.54. The van der Waals surface area contributed by atoms with Gasteiger partial charge in [0.1, 0.15) is 0 Å². The zero-order chi connectivity index (χ0) is 3.41. The van der Waals surface area contributed by atoms with Crippen LogP contribution in [0.15, 0.2) is 0 Å². The third-order valence-corrected chi connectivity index (χ3v) is 0.250. The summed E-state index contributed by atoms with van der Waals surface area (Å²) >= 11 is 0. The van der Waals surface area contributed by atoms with Crippen molar-refractivity contribution in [2.75, 3.05) is 0 Å². The molecule has 0 N–H and O–H groups in total. The Morgan fingerprint density at radius 1 is 0.750 bits per heavy atom. The molecule has 0 saturated carbocycles. The largest absolute Gasteiger partial charge is 2.00 e. The molecule has 0 aliphatic heterocycles. The number of hydrogen-bond acceptors (Lipinski definition) is 0. The van der Waals surface area contributed by atoms with Crippen LogP contribution in [-0.4, -0.2) is 46.1 Å². The van der Waals surface area contributed by atoms with Crippen LogP contribution in [-0.2, 0) is 0 Å². The van der Waals surface area contributed by atoms with Gasteiger partial charge in [-0.2, -0.15) is 0 Å². The van der Waals surface area contributed by atoms with Gasteiger partial charge in [0.05, 0.1) is 0 Å². The summed E-state index contributed by atoms with van der Waals surface area (Å²) in [6.45, 7) is 7.08. The van der Waals surface area contributed by atoms with Crippen molar-refractivity contribution in [3.63, 3.8) is 0 Å². The Balaban J connectivity index is -0.00000000750. The summed E-state index contributed by atoms with van der Waals surface area (Å²) in [6.07, 6.45) is 1.92.